The lowest BCUT2D eigenvalue weighted by Crippen LogP contribution is -2.33. The zero-order chi connectivity index (χ0) is 28.4. The summed E-state index contributed by atoms with van der Waals surface area (Å²) in [5, 5.41) is 6.06. The van der Waals surface area contributed by atoms with Crippen molar-refractivity contribution in [2.24, 2.45) is 0 Å². The number of nitrogens with zero attached hydrogens (tertiary/aromatic N) is 1. The maximum atomic E-state index is 13.5. The monoisotopic (exact) mass is 607 g/mol. The fourth-order valence-corrected chi connectivity index (χ4v) is 7.26. The van der Waals surface area contributed by atoms with E-state index >= 15 is 0 Å². The van der Waals surface area contributed by atoms with Gasteiger partial charge in [-0.15, -0.1) is 0 Å². The summed E-state index contributed by atoms with van der Waals surface area (Å²) in [4.78, 5) is 43.5. The predicted molar refractivity (Wildman–Crippen MR) is 151 cm³/mol. The maximum Gasteiger partial charge on any atom is 0.345 e. The van der Waals surface area contributed by atoms with Crippen molar-refractivity contribution in [3.05, 3.63) is 94.5 Å². The summed E-state index contributed by atoms with van der Waals surface area (Å²) in [5.74, 6) is 0. The molecule has 39 heavy (non-hydrogen) atoms. The molecule has 4 aromatic carbocycles. The van der Waals surface area contributed by atoms with Gasteiger partial charge in [0.1, 0.15) is 6.29 Å². The maximum absolute atomic E-state index is 13.5. The Hall–Kier alpha value is -3.44. The molecular weight excluding hydrogens is 588 g/mol. The van der Waals surface area contributed by atoms with Crippen LogP contribution in [0.15, 0.2) is 83.8 Å². The molecule has 0 saturated heterocycles. The average Bonchev–Trinajstić information content (AvgIpc) is 2.86. The Morgan fingerprint density at radius 3 is 2.15 bits per heavy atom. The molecule has 0 bridgehead atoms. The SMILES string of the molecule is O=Cc1c(N(CP(=O)(O)O)S(=O)(=O)c2cc(Cl)cc(Cl)c2)ccc2cc(NC(=O)Nc3ccccc3)ccc12. The number of nitrogens with one attached hydrogen (secondary N) is 2. The molecule has 0 atom stereocenters. The molecule has 4 N–H and O–H groups in total. The molecule has 4 rings (SSSR count). The number of urea groups is 1. The predicted octanol–water partition coefficient (Wildman–Crippen LogP) is 5.93. The van der Waals surface area contributed by atoms with Crippen molar-refractivity contribution in [2.45, 2.75) is 4.90 Å². The van der Waals surface area contributed by atoms with Gasteiger partial charge in [0.25, 0.3) is 10.0 Å². The first-order valence-corrected chi connectivity index (χ1v) is 15.1. The second-order valence-corrected chi connectivity index (χ2v) is 12.6. The van der Waals surface area contributed by atoms with Crippen LogP contribution in [0, 0.1) is 0 Å². The van der Waals surface area contributed by atoms with Gasteiger partial charge < -0.3 is 20.4 Å². The van der Waals surface area contributed by atoms with Gasteiger partial charge in [-0.1, -0.05) is 53.5 Å². The summed E-state index contributed by atoms with van der Waals surface area (Å²) in [7, 11) is -9.60. The number of benzene rings is 4. The van der Waals surface area contributed by atoms with Crippen molar-refractivity contribution in [1.82, 2.24) is 0 Å². The third-order valence-electron chi connectivity index (χ3n) is 5.45. The van der Waals surface area contributed by atoms with Crippen LogP contribution in [-0.2, 0) is 14.6 Å². The number of para-hydroxylation sites is 1. The molecule has 0 saturated carbocycles. The largest absolute Gasteiger partial charge is 0.345 e. The third kappa shape index (κ3) is 6.77. The Labute approximate surface area is 233 Å². The quantitative estimate of drug-likeness (QED) is 0.143. The first kappa shape index (κ1) is 28.6. The van der Waals surface area contributed by atoms with E-state index in [0.29, 0.717) is 27.4 Å². The van der Waals surface area contributed by atoms with Gasteiger partial charge >= 0.3 is 13.6 Å². The summed E-state index contributed by atoms with van der Waals surface area (Å²) in [6.07, 6.45) is -0.856. The van der Waals surface area contributed by atoms with Gasteiger partial charge in [-0.05, 0) is 59.3 Å². The number of fused-ring (bicyclic) bond motifs is 1. The minimum Gasteiger partial charge on any atom is -0.323 e. The van der Waals surface area contributed by atoms with Crippen molar-refractivity contribution in [1.29, 1.82) is 0 Å². The molecule has 4 aromatic rings. The van der Waals surface area contributed by atoms with Crippen LogP contribution in [0.5, 0.6) is 0 Å². The minimum atomic E-state index is -4.96. The first-order chi connectivity index (χ1) is 18.4. The number of hydrogen-bond acceptors (Lipinski definition) is 5. The molecule has 0 radical (unpaired) electrons. The second kappa shape index (κ2) is 11.4. The van der Waals surface area contributed by atoms with Crippen LogP contribution in [0.4, 0.5) is 21.9 Å². The lowest BCUT2D eigenvalue weighted by Gasteiger charge is -2.26. The second-order valence-electron chi connectivity index (χ2n) is 8.26. The standard InChI is InChI=1S/C25H20Cl2N3O7PS/c26-17-11-18(27)13-21(12-17)39(36,37)30(15-38(33,34)35)24-9-6-16-10-20(7-8-22(16)23(24)14-31)29-25(32)28-19-4-2-1-3-5-19/h1-14H,15H2,(H2,28,29,32)(H2,33,34,35). The molecule has 0 fully saturated rings. The topological polar surface area (TPSA) is 153 Å². The van der Waals surface area contributed by atoms with E-state index in [9.17, 15) is 32.4 Å². The van der Waals surface area contributed by atoms with Crippen LogP contribution < -0.4 is 14.9 Å². The molecule has 0 aliphatic heterocycles. The van der Waals surface area contributed by atoms with E-state index in [2.05, 4.69) is 10.6 Å². The highest BCUT2D eigenvalue weighted by Gasteiger charge is 2.33. The van der Waals surface area contributed by atoms with Crippen LogP contribution in [0.1, 0.15) is 10.4 Å². The lowest BCUT2D eigenvalue weighted by atomic mass is 10.0. The van der Waals surface area contributed by atoms with E-state index in [1.54, 1.807) is 30.3 Å². The number of hydrogen-bond donors (Lipinski definition) is 4. The van der Waals surface area contributed by atoms with E-state index in [-0.39, 0.29) is 26.7 Å². The molecular formula is C25H20Cl2N3O7PS. The van der Waals surface area contributed by atoms with E-state index in [0.717, 1.165) is 12.1 Å². The summed E-state index contributed by atoms with van der Waals surface area (Å²) < 4.78 is 39.5. The van der Waals surface area contributed by atoms with E-state index in [4.69, 9.17) is 23.2 Å². The molecule has 0 heterocycles. The zero-order valence-electron chi connectivity index (χ0n) is 19.8. The molecule has 202 valence electrons. The van der Waals surface area contributed by atoms with Crippen LogP contribution in [0.2, 0.25) is 10.0 Å². The van der Waals surface area contributed by atoms with Crippen molar-refractivity contribution >= 4 is 81.0 Å². The van der Waals surface area contributed by atoms with Gasteiger partial charge in [-0.25, -0.2) is 13.2 Å². The van der Waals surface area contributed by atoms with Gasteiger partial charge in [0, 0.05) is 27.0 Å². The van der Waals surface area contributed by atoms with Crippen LogP contribution in [-0.4, -0.2) is 36.8 Å². The van der Waals surface area contributed by atoms with Crippen molar-refractivity contribution in [3.63, 3.8) is 0 Å². The highest BCUT2D eigenvalue weighted by Crippen LogP contribution is 2.42. The molecule has 2 amide bonds. The number of carbonyl (C=O) groups is 2. The fourth-order valence-electron chi connectivity index (χ4n) is 3.83. The lowest BCUT2D eigenvalue weighted by molar-refractivity contribution is 0.112. The van der Waals surface area contributed by atoms with Gasteiger partial charge in [0.15, 0.2) is 6.29 Å². The number of aldehydes is 1. The van der Waals surface area contributed by atoms with Gasteiger partial charge in [0.05, 0.1) is 10.6 Å². The average molecular weight is 608 g/mol. The Morgan fingerprint density at radius 2 is 1.54 bits per heavy atom. The van der Waals surface area contributed by atoms with Gasteiger partial charge in [-0.2, -0.15) is 0 Å². The highest BCUT2D eigenvalue weighted by molar-refractivity contribution is 7.93. The Kier molecular flexibility index (Phi) is 8.31. The van der Waals surface area contributed by atoms with E-state index in [1.807, 2.05) is 6.07 Å². The molecule has 0 aromatic heterocycles. The zero-order valence-corrected chi connectivity index (χ0v) is 23.0. The van der Waals surface area contributed by atoms with Crippen LogP contribution in [0.3, 0.4) is 0 Å². The van der Waals surface area contributed by atoms with Crippen LogP contribution >= 0.6 is 30.8 Å². The number of amides is 2. The molecule has 0 spiro atoms. The molecule has 0 aliphatic carbocycles. The van der Waals surface area contributed by atoms with Crippen molar-refractivity contribution in [3.8, 4) is 0 Å². The Bertz CT molecular complexity index is 1710. The van der Waals surface area contributed by atoms with Crippen LogP contribution in [0.25, 0.3) is 10.8 Å². The van der Waals surface area contributed by atoms with Gasteiger partial charge in [0.2, 0.25) is 0 Å². The summed E-state index contributed by atoms with van der Waals surface area (Å²) in [5.41, 5.74) is 0.558. The Morgan fingerprint density at radius 1 is 0.897 bits per heavy atom. The molecule has 14 heteroatoms. The summed E-state index contributed by atoms with van der Waals surface area (Å²) in [6, 6.07) is 19.0. The summed E-state index contributed by atoms with van der Waals surface area (Å²) in [6.45, 7) is 0. The van der Waals surface area contributed by atoms with Crippen molar-refractivity contribution in [2.75, 3.05) is 21.2 Å². The normalized spacial score (nSPS) is 11.7. The van der Waals surface area contributed by atoms with Gasteiger partial charge in [-0.3, -0.25) is 13.7 Å². The van der Waals surface area contributed by atoms with E-state index < -0.39 is 34.8 Å². The highest BCUT2D eigenvalue weighted by atomic mass is 35.5. The fraction of sp³-hybridized carbons (Fsp3) is 0.0400. The molecule has 0 unspecified atom stereocenters. The molecule has 0 aliphatic rings. The molecule has 10 nitrogen and oxygen atoms in total. The van der Waals surface area contributed by atoms with Crippen molar-refractivity contribution < 1.29 is 32.4 Å². The minimum absolute atomic E-state index is 0.0114. The summed E-state index contributed by atoms with van der Waals surface area (Å²) >= 11 is 11.9. The first-order valence-electron chi connectivity index (χ1n) is 11.1. The number of carbonyl (C=O) groups excluding carboxylic acids is 2. The number of halogens is 2. The van der Waals surface area contributed by atoms with E-state index in [1.165, 1.54) is 30.3 Å². The number of rotatable bonds is 8. The number of anilines is 3. The smallest absolute Gasteiger partial charge is 0.323 e. The Balaban J connectivity index is 1.75. The third-order valence-corrected chi connectivity index (χ3v) is 8.47. The number of sulfonamides is 1.